The van der Waals surface area contributed by atoms with Crippen molar-refractivity contribution in [1.82, 2.24) is 5.32 Å². The summed E-state index contributed by atoms with van der Waals surface area (Å²) in [4.78, 5) is 12.1. The van der Waals surface area contributed by atoms with Crippen LogP contribution in [0.3, 0.4) is 0 Å². The molecular weight excluding hydrogens is 507 g/mol. The lowest BCUT2D eigenvalue weighted by Gasteiger charge is -2.29. The first kappa shape index (κ1) is 28.5. The molecule has 1 atom stereocenters. The summed E-state index contributed by atoms with van der Waals surface area (Å²) in [6, 6.07) is 8.29. The third-order valence-electron chi connectivity index (χ3n) is 5.71. The molecule has 1 amide bonds. The molecule has 188 valence electrons. The molecule has 1 saturated carbocycles. The van der Waals surface area contributed by atoms with E-state index in [0.29, 0.717) is 18.1 Å². The average molecular weight is 536 g/mol. The molecule has 1 aliphatic carbocycles. The van der Waals surface area contributed by atoms with E-state index >= 15 is 0 Å². The Morgan fingerprint density at radius 1 is 1.00 bits per heavy atom. The summed E-state index contributed by atoms with van der Waals surface area (Å²) in [5.41, 5.74) is 0. The van der Waals surface area contributed by atoms with Crippen LogP contribution in [-0.2, 0) is 4.79 Å². The van der Waals surface area contributed by atoms with Gasteiger partial charge in [0.15, 0.2) is 6.61 Å². The number of benzene rings is 2. The number of rotatable bonds is 10. The van der Waals surface area contributed by atoms with Crippen molar-refractivity contribution in [1.29, 1.82) is 0 Å². The van der Waals surface area contributed by atoms with Crippen molar-refractivity contribution in [3.8, 4) is 11.5 Å². The van der Waals surface area contributed by atoms with Gasteiger partial charge in [-0.1, -0.05) is 23.2 Å². The van der Waals surface area contributed by atoms with Gasteiger partial charge < -0.3 is 19.9 Å². The molecule has 2 aromatic carbocycles. The Kier molecular flexibility index (Phi) is 11.7. The zero-order valence-corrected chi connectivity index (χ0v) is 21.0. The lowest BCUT2D eigenvalue weighted by Crippen LogP contribution is -2.40. The Bertz CT molecular complexity index is 945. The number of ether oxygens (including phenoxy) is 2. The molecule has 5 nitrogen and oxygen atoms in total. The summed E-state index contributed by atoms with van der Waals surface area (Å²) in [5, 5.41) is 13.2. The third kappa shape index (κ3) is 9.13. The van der Waals surface area contributed by atoms with Gasteiger partial charge in [-0.05, 0) is 68.7 Å². The van der Waals surface area contributed by atoms with Gasteiger partial charge >= 0.3 is 0 Å². The lowest BCUT2D eigenvalue weighted by atomic mass is 9.83. The highest BCUT2D eigenvalue weighted by atomic mass is 35.5. The molecule has 0 aromatic heterocycles. The minimum Gasteiger partial charge on any atom is -0.491 e. The fraction of sp³-hybridized carbons (Fsp3) is 0.458. The van der Waals surface area contributed by atoms with E-state index in [-0.39, 0.29) is 54.5 Å². The third-order valence-corrected chi connectivity index (χ3v) is 6.33. The first-order valence-corrected chi connectivity index (χ1v) is 11.7. The van der Waals surface area contributed by atoms with Crippen LogP contribution in [0.1, 0.15) is 38.5 Å². The fourth-order valence-electron chi connectivity index (χ4n) is 3.85. The fourth-order valence-corrected chi connectivity index (χ4v) is 4.09. The largest absolute Gasteiger partial charge is 0.491 e. The van der Waals surface area contributed by atoms with E-state index in [1.807, 2.05) is 0 Å². The van der Waals surface area contributed by atoms with Crippen LogP contribution in [0.2, 0.25) is 10.0 Å². The number of halogens is 4. The minimum atomic E-state index is -0.643. The first-order valence-electron chi connectivity index (χ1n) is 10.9. The predicted octanol–water partition coefficient (Wildman–Crippen LogP) is 5.66. The van der Waals surface area contributed by atoms with E-state index in [2.05, 4.69) is 5.32 Å². The van der Waals surface area contributed by atoms with Gasteiger partial charge in [-0.2, -0.15) is 13.5 Å². The Hall–Kier alpha value is -1.74. The zero-order valence-electron chi connectivity index (χ0n) is 18.5. The van der Waals surface area contributed by atoms with Crippen molar-refractivity contribution in [2.24, 2.45) is 5.92 Å². The molecule has 0 radical (unpaired) electrons. The average Bonchev–Trinajstić information content (AvgIpc) is 2.80. The molecule has 0 spiro atoms. The second kappa shape index (κ2) is 14.0. The van der Waals surface area contributed by atoms with Gasteiger partial charge in [0.25, 0.3) is 5.91 Å². The molecule has 1 aliphatic rings. The number of aliphatic hydroxyl groups is 1. The van der Waals surface area contributed by atoms with Gasteiger partial charge in [-0.25, -0.2) is 8.78 Å². The van der Waals surface area contributed by atoms with E-state index in [1.54, 1.807) is 6.07 Å². The standard InChI is InChI=1S/C24H27Cl2F2NO4.H2S/c25-20-9-7-18(11-22(20)27)32-13-17(30)6-3-15-1-4-16(5-2-15)29-24(31)14-33-19-8-10-21(26)23(28)12-19;/h7-12,15-17,30H,1-6,13-14H2,(H,29,31);1H2/t15?,16?,17-;/m0./s1. The number of amides is 1. The topological polar surface area (TPSA) is 67.8 Å². The van der Waals surface area contributed by atoms with Crippen LogP contribution in [0.25, 0.3) is 0 Å². The number of carbonyl (C=O) groups excluding carboxylic acids is 1. The van der Waals surface area contributed by atoms with E-state index < -0.39 is 17.7 Å². The van der Waals surface area contributed by atoms with Crippen molar-refractivity contribution < 1.29 is 28.2 Å². The van der Waals surface area contributed by atoms with Crippen LogP contribution in [0, 0.1) is 17.6 Å². The summed E-state index contributed by atoms with van der Waals surface area (Å²) < 4.78 is 37.6. The molecule has 34 heavy (non-hydrogen) atoms. The maximum atomic E-state index is 13.4. The number of hydrogen-bond acceptors (Lipinski definition) is 4. The second-order valence-corrected chi connectivity index (χ2v) is 9.08. The lowest BCUT2D eigenvalue weighted by molar-refractivity contribution is -0.124. The quantitative estimate of drug-likeness (QED) is 0.412. The number of nitrogens with one attached hydrogen (secondary N) is 1. The summed E-state index contributed by atoms with van der Waals surface area (Å²) in [6.45, 7) is -0.102. The molecule has 2 aromatic rings. The summed E-state index contributed by atoms with van der Waals surface area (Å²) in [5.74, 6) is -0.354. The Morgan fingerprint density at radius 3 is 2.12 bits per heavy atom. The van der Waals surface area contributed by atoms with Crippen molar-refractivity contribution in [2.45, 2.75) is 50.7 Å². The highest BCUT2D eigenvalue weighted by Gasteiger charge is 2.23. The molecule has 0 aliphatic heterocycles. The van der Waals surface area contributed by atoms with Crippen LogP contribution in [0.15, 0.2) is 36.4 Å². The Labute approximate surface area is 215 Å². The van der Waals surface area contributed by atoms with Crippen LogP contribution < -0.4 is 14.8 Å². The molecular formula is C24H29Cl2F2NO4S. The zero-order chi connectivity index (χ0) is 23.8. The monoisotopic (exact) mass is 535 g/mol. The molecule has 1 fully saturated rings. The highest BCUT2D eigenvalue weighted by molar-refractivity contribution is 7.59. The van der Waals surface area contributed by atoms with Gasteiger partial charge in [0.1, 0.15) is 29.7 Å². The smallest absolute Gasteiger partial charge is 0.258 e. The van der Waals surface area contributed by atoms with Crippen molar-refractivity contribution in [3.05, 3.63) is 58.1 Å². The maximum absolute atomic E-state index is 13.4. The molecule has 0 unspecified atom stereocenters. The molecule has 0 heterocycles. The van der Waals surface area contributed by atoms with Crippen molar-refractivity contribution >= 4 is 42.6 Å². The van der Waals surface area contributed by atoms with Crippen LogP contribution in [-0.4, -0.2) is 36.4 Å². The maximum Gasteiger partial charge on any atom is 0.258 e. The normalized spacial score (nSPS) is 18.5. The second-order valence-electron chi connectivity index (χ2n) is 8.27. The predicted molar refractivity (Wildman–Crippen MR) is 133 cm³/mol. The first-order chi connectivity index (χ1) is 15.8. The SMILES string of the molecule is O=C(COc1ccc(Cl)c(F)c1)NC1CCC(CC[C@H](O)COc2ccc(Cl)c(F)c2)CC1.S. The van der Waals surface area contributed by atoms with Crippen LogP contribution >= 0.6 is 36.7 Å². The van der Waals surface area contributed by atoms with Gasteiger partial charge in [0, 0.05) is 18.2 Å². The Balaban J connectivity index is 0.00000408. The number of carbonyl (C=O) groups is 1. The summed E-state index contributed by atoms with van der Waals surface area (Å²) in [7, 11) is 0. The molecule has 0 bridgehead atoms. The van der Waals surface area contributed by atoms with Crippen LogP contribution in [0.4, 0.5) is 8.78 Å². The molecule has 2 N–H and O–H groups in total. The Morgan fingerprint density at radius 2 is 1.56 bits per heavy atom. The van der Waals surface area contributed by atoms with Crippen LogP contribution in [0.5, 0.6) is 11.5 Å². The van der Waals surface area contributed by atoms with Gasteiger partial charge in [0.2, 0.25) is 0 Å². The van der Waals surface area contributed by atoms with Gasteiger partial charge in [-0.3, -0.25) is 4.79 Å². The highest BCUT2D eigenvalue weighted by Crippen LogP contribution is 2.29. The number of hydrogen-bond donors (Lipinski definition) is 2. The molecule has 0 saturated heterocycles. The number of aliphatic hydroxyl groups excluding tert-OH is 1. The summed E-state index contributed by atoms with van der Waals surface area (Å²) in [6.07, 6.45) is 4.39. The van der Waals surface area contributed by atoms with E-state index in [0.717, 1.165) is 38.2 Å². The molecule has 3 rings (SSSR count). The van der Waals surface area contributed by atoms with E-state index in [9.17, 15) is 18.7 Å². The van der Waals surface area contributed by atoms with Gasteiger partial charge in [-0.15, -0.1) is 0 Å². The van der Waals surface area contributed by atoms with Crippen molar-refractivity contribution in [3.63, 3.8) is 0 Å². The summed E-state index contributed by atoms with van der Waals surface area (Å²) >= 11 is 11.3. The van der Waals surface area contributed by atoms with E-state index in [4.69, 9.17) is 32.7 Å². The van der Waals surface area contributed by atoms with Gasteiger partial charge in [0.05, 0.1) is 16.1 Å². The minimum absolute atomic E-state index is 0. The molecule has 10 heteroatoms. The van der Waals surface area contributed by atoms with Crippen molar-refractivity contribution in [2.75, 3.05) is 13.2 Å². The van der Waals surface area contributed by atoms with E-state index in [1.165, 1.54) is 24.3 Å².